The molecule has 1 saturated heterocycles. The second-order valence-electron chi connectivity index (χ2n) is 6.89. The first-order valence-corrected chi connectivity index (χ1v) is 7.34. The Labute approximate surface area is 112 Å². The Kier molecular flexibility index (Phi) is 3.99. The number of nitriles is 1. The number of nitrogens with one attached hydrogen (secondary N) is 1. The van der Waals surface area contributed by atoms with E-state index in [9.17, 15) is 5.26 Å². The summed E-state index contributed by atoms with van der Waals surface area (Å²) < 4.78 is 0. The van der Waals surface area contributed by atoms with Gasteiger partial charge in [0.1, 0.15) is 5.54 Å². The summed E-state index contributed by atoms with van der Waals surface area (Å²) in [6.07, 6.45) is 7.05. The predicted octanol–water partition coefficient (Wildman–Crippen LogP) is 2.53. The number of hydrogen-bond acceptors (Lipinski definition) is 3. The van der Waals surface area contributed by atoms with Crippen molar-refractivity contribution in [2.24, 2.45) is 5.41 Å². The van der Waals surface area contributed by atoms with Gasteiger partial charge in [-0.15, -0.1) is 0 Å². The molecule has 0 aromatic heterocycles. The van der Waals surface area contributed by atoms with Gasteiger partial charge in [0.05, 0.1) is 6.07 Å². The number of likely N-dealkylation sites (tertiary alicyclic amines) is 1. The van der Waals surface area contributed by atoms with Gasteiger partial charge in [-0.25, -0.2) is 0 Å². The lowest BCUT2D eigenvalue weighted by Gasteiger charge is -2.45. The lowest BCUT2D eigenvalue weighted by molar-refractivity contribution is 0.0611. The Bertz CT molecular complexity index is 321. The quantitative estimate of drug-likeness (QED) is 0.817. The fourth-order valence-corrected chi connectivity index (χ4v) is 3.44. The summed E-state index contributed by atoms with van der Waals surface area (Å²) in [7, 11) is 1.94. The first-order valence-electron chi connectivity index (χ1n) is 7.34. The van der Waals surface area contributed by atoms with Crippen LogP contribution in [0.15, 0.2) is 0 Å². The predicted molar refractivity (Wildman–Crippen MR) is 74.2 cm³/mol. The van der Waals surface area contributed by atoms with Crippen LogP contribution < -0.4 is 5.32 Å². The van der Waals surface area contributed by atoms with Crippen LogP contribution in [0.1, 0.15) is 52.4 Å². The van der Waals surface area contributed by atoms with Crippen molar-refractivity contribution >= 4 is 0 Å². The zero-order valence-electron chi connectivity index (χ0n) is 12.1. The van der Waals surface area contributed by atoms with Crippen LogP contribution in [0, 0.1) is 16.7 Å². The molecule has 1 saturated carbocycles. The van der Waals surface area contributed by atoms with E-state index in [2.05, 4.69) is 30.1 Å². The lowest BCUT2D eigenvalue weighted by atomic mass is 9.77. The van der Waals surface area contributed by atoms with Crippen molar-refractivity contribution in [1.29, 1.82) is 5.26 Å². The van der Waals surface area contributed by atoms with Crippen LogP contribution in [-0.2, 0) is 0 Å². The van der Waals surface area contributed by atoms with Gasteiger partial charge in [0.25, 0.3) is 0 Å². The topological polar surface area (TPSA) is 39.1 Å². The molecular weight excluding hydrogens is 222 g/mol. The Morgan fingerprint density at radius 1 is 1.22 bits per heavy atom. The molecule has 1 aliphatic heterocycles. The molecule has 1 N–H and O–H groups in total. The number of rotatable bonds is 2. The summed E-state index contributed by atoms with van der Waals surface area (Å²) >= 11 is 0. The van der Waals surface area contributed by atoms with E-state index < -0.39 is 0 Å². The first-order chi connectivity index (χ1) is 8.50. The molecule has 0 radical (unpaired) electrons. The third-order valence-corrected chi connectivity index (χ3v) is 5.09. The molecule has 0 aromatic rings. The van der Waals surface area contributed by atoms with E-state index in [1.165, 1.54) is 38.8 Å². The molecule has 0 bridgehead atoms. The molecule has 102 valence electrons. The summed E-state index contributed by atoms with van der Waals surface area (Å²) in [5, 5.41) is 12.7. The Balaban J connectivity index is 1.96. The molecule has 1 heterocycles. The van der Waals surface area contributed by atoms with Gasteiger partial charge in [-0.2, -0.15) is 5.26 Å². The van der Waals surface area contributed by atoms with Crippen molar-refractivity contribution in [2.75, 3.05) is 20.1 Å². The smallest absolute Gasteiger partial charge is 0.108 e. The highest BCUT2D eigenvalue weighted by Crippen LogP contribution is 2.35. The van der Waals surface area contributed by atoms with Gasteiger partial charge in [-0.3, -0.25) is 0 Å². The minimum absolute atomic E-state index is 0.268. The van der Waals surface area contributed by atoms with E-state index in [-0.39, 0.29) is 5.54 Å². The van der Waals surface area contributed by atoms with E-state index >= 15 is 0 Å². The average molecular weight is 249 g/mol. The van der Waals surface area contributed by atoms with Crippen molar-refractivity contribution in [3.63, 3.8) is 0 Å². The molecule has 3 nitrogen and oxygen atoms in total. The Hall–Kier alpha value is -0.590. The van der Waals surface area contributed by atoms with Gasteiger partial charge in [-0.1, -0.05) is 13.8 Å². The number of hydrogen-bond donors (Lipinski definition) is 1. The van der Waals surface area contributed by atoms with Gasteiger partial charge < -0.3 is 10.2 Å². The molecule has 2 atom stereocenters. The van der Waals surface area contributed by atoms with Crippen LogP contribution in [0.4, 0.5) is 0 Å². The first kappa shape index (κ1) is 13.8. The van der Waals surface area contributed by atoms with Crippen LogP contribution in [0.5, 0.6) is 0 Å². The fourth-order valence-electron chi connectivity index (χ4n) is 3.44. The number of piperidine rings is 1. The molecule has 2 fully saturated rings. The van der Waals surface area contributed by atoms with Crippen molar-refractivity contribution in [2.45, 2.75) is 64.0 Å². The maximum atomic E-state index is 9.41. The second-order valence-corrected chi connectivity index (χ2v) is 6.89. The van der Waals surface area contributed by atoms with Gasteiger partial charge in [-0.05, 0) is 64.1 Å². The highest BCUT2D eigenvalue weighted by atomic mass is 15.2. The maximum Gasteiger partial charge on any atom is 0.108 e. The zero-order chi connectivity index (χ0) is 13.2. The van der Waals surface area contributed by atoms with Gasteiger partial charge in [0.2, 0.25) is 0 Å². The van der Waals surface area contributed by atoms with Crippen molar-refractivity contribution in [1.82, 2.24) is 10.2 Å². The van der Waals surface area contributed by atoms with E-state index in [0.717, 1.165) is 12.8 Å². The van der Waals surface area contributed by atoms with Crippen LogP contribution in [0.2, 0.25) is 0 Å². The highest BCUT2D eigenvalue weighted by Gasteiger charge is 2.39. The molecule has 0 aromatic carbocycles. The largest absolute Gasteiger partial charge is 0.302 e. The van der Waals surface area contributed by atoms with Crippen LogP contribution in [0.25, 0.3) is 0 Å². The minimum Gasteiger partial charge on any atom is -0.302 e. The summed E-state index contributed by atoms with van der Waals surface area (Å²) in [5.74, 6) is 0. The lowest BCUT2D eigenvalue weighted by Crippen LogP contribution is -2.53. The third kappa shape index (κ3) is 2.87. The second kappa shape index (κ2) is 5.19. The normalized spacial score (nSPS) is 37.1. The maximum absolute atomic E-state index is 9.41. The molecular formula is C15H27N3. The van der Waals surface area contributed by atoms with Crippen LogP contribution in [-0.4, -0.2) is 36.6 Å². The summed E-state index contributed by atoms with van der Waals surface area (Å²) in [6.45, 7) is 7.17. The molecule has 0 amide bonds. The van der Waals surface area contributed by atoms with Crippen LogP contribution in [0.3, 0.4) is 0 Å². The SMILES string of the molecule is CNC1(C#N)CCCC(N2CCC(C)(C)CC2)C1. The molecule has 3 heteroatoms. The minimum atomic E-state index is -0.268. The molecule has 2 unspecified atom stereocenters. The zero-order valence-corrected chi connectivity index (χ0v) is 12.1. The molecule has 18 heavy (non-hydrogen) atoms. The van der Waals surface area contributed by atoms with E-state index in [1.807, 2.05) is 7.05 Å². The van der Waals surface area contributed by atoms with E-state index in [1.54, 1.807) is 0 Å². The number of nitrogens with zero attached hydrogens (tertiary/aromatic N) is 2. The van der Waals surface area contributed by atoms with Crippen LogP contribution >= 0.6 is 0 Å². The molecule has 2 aliphatic rings. The van der Waals surface area contributed by atoms with Crippen molar-refractivity contribution in [3.8, 4) is 6.07 Å². The van der Waals surface area contributed by atoms with Crippen molar-refractivity contribution in [3.05, 3.63) is 0 Å². The van der Waals surface area contributed by atoms with Gasteiger partial charge >= 0.3 is 0 Å². The molecule has 0 spiro atoms. The van der Waals surface area contributed by atoms with E-state index in [4.69, 9.17) is 0 Å². The molecule has 2 rings (SSSR count). The fraction of sp³-hybridized carbons (Fsp3) is 0.933. The summed E-state index contributed by atoms with van der Waals surface area (Å²) in [4.78, 5) is 2.63. The Morgan fingerprint density at radius 2 is 1.89 bits per heavy atom. The van der Waals surface area contributed by atoms with E-state index in [0.29, 0.717) is 11.5 Å². The average Bonchev–Trinajstić information content (AvgIpc) is 2.38. The van der Waals surface area contributed by atoms with Crippen molar-refractivity contribution < 1.29 is 0 Å². The molecule has 1 aliphatic carbocycles. The third-order valence-electron chi connectivity index (χ3n) is 5.09. The van der Waals surface area contributed by atoms with Gasteiger partial charge in [0.15, 0.2) is 0 Å². The monoisotopic (exact) mass is 249 g/mol. The Morgan fingerprint density at radius 3 is 2.44 bits per heavy atom. The van der Waals surface area contributed by atoms with Gasteiger partial charge in [0, 0.05) is 6.04 Å². The summed E-state index contributed by atoms with van der Waals surface area (Å²) in [5.41, 5.74) is 0.246. The highest BCUT2D eigenvalue weighted by molar-refractivity contribution is 5.10. The summed E-state index contributed by atoms with van der Waals surface area (Å²) in [6, 6.07) is 3.13. The standard InChI is InChI=1S/C15H27N3/c1-14(2)7-9-18(10-8-14)13-5-4-6-15(11-13,12-16)17-3/h13,17H,4-11H2,1-3H3.